The first-order valence-corrected chi connectivity index (χ1v) is 3.78. The number of hydrogen-bond acceptors (Lipinski definition) is 2. The van der Waals surface area contributed by atoms with Gasteiger partial charge in [-0.1, -0.05) is 6.92 Å². The average Bonchev–Trinajstić information content (AvgIpc) is 2.43. The van der Waals surface area contributed by atoms with E-state index < -0.39 is 0 Å². The number of imidazole rings is 1. The molecule has 0 saturated carbocycles. The predicted molar refractivity (Wildman–Crippen MR) is 50.3 cm³/mol. The Hall–Kier alpha value is -1.45. The van der Waals surface area contributed by atoms with Crippen LogP contribution in [-0.4, -0.2) is 22.6 Å². The van der Waals surface area contributed by atoms with Gasteiger partial charge in [-0.05, 0) is 13.1 Å². The van der Waals surface area contributed by atoms with Crippen LogP contribution in [-0.2, 0) is 13.5 Å². The van der Waals surface area contributed by atoms with E-state index in [0.29, 0.717) is 0 Å². The molecule has 0 saturated heterocycles. The highest BCUT2D eigenvalue weighted by Gasteiger charge is 2.03. The molecule has 0 aromatic carbocycles. The molecule has 0 radical (unpaired) electrons. The largest absolute Gasteiger partial charge is 0.336 e. The fraction of sp³-hybridized carbons (Fsp3) is 0.375. The van der Waals surface area contributed by atoms with Crippen molar-refractivity contribution >= 4 is 18.9 Å². The quantitative estimate of drug-likeness (QED) is 0.491. The maximum atomic E-state index is 4.10. The van der Waals surface area contributed by atoms with Crippen LogP contribution in [0.1, 0.15) is 12.6 Å². The molecule has 0 unspecified atom stereocenters. The van der Waals surface area contributed by atoms with E-state index in [1.807, 2.05) is 11.6 Å². The molecule has 64 valence electrons. The maximum absolute atomic E-state index is 4.10. The van der Waals surface area contributed by atoms with Crippen LogP contribution in [0, 0.1) is 0 Å². The zero-order valence-corrected chi connectivity index (χ0v) is 7.36. The Morgan fingerprint density at radius 1 is 1.75 bits per heavy atom. The highest BCUT2D eigenvalue weighted by atomic mass is 15.1. The highest BCUT2D eigenvalue weighted by molar-refractivity contribution is 5.65. The Bertz CT molecular complexity index is 298. The van der Waals surface area contributed by atoms with E-state index in [9.17, 15) is 0 Å². The summed E-state index contributed by atoms with van der Waals surface area (Å²) < 4.78 is 1.95. The lowest BCUT2D eigenvalue weighted by Crippen LogP contribution is -1.91. The highest BCUT2D eigenvalue weighted by Crippen LogP contribution is 2.15. The second kappa shape index (κ2) is 3.80. The number of aromatic nitrogens is 2. The minimum absolute atomic E-state index is 0.729. The molecule has 0 aliphatic carbocycles. The van der Waals surface area contributed by atoms with Crippen molar-refractivity contribution in [2.75, 3.05) is 0 Å². The van der Waals surface area contributed by atoms with Gasteiger partial charge < -0.3 is 4.57 Å². The van der Waals surface area contributed by atoms with Gasteiger partial charge in [0.05, 0.1) is 12.0 Å². The zero-order valence-electron chi connectivity index (χ0n) is 7.36. The molecular weight excluding hydrogens is 152 g/mol. The van der Waals surface area contributed by atoms with Crippen LogP contribution in [0.5, 0.6) is 0 Å². The van der Waals surface area contributed by atoms with E-state index in [4.69, 9.17) is 0 Å². The third-order valence-electron chi connectivity index (χ3n) is 1.63. The van der Waals surface area contributed by atoms with Crippen molar-refractivity contribution in [1.29, 1.82) is 0 Å². The van der Waals surface area contributed by atoms with Gasteiger partial charge in [0.1, 0.15) is 6.34 Å². The molecule has 0 aliphatic heterocycles. The van der Waals surface area contributed by atoms with Crippen molar-refractivity contribution in [3.63, 3.8) is 0 Å². The van der Waals surface area contributed by atoms with Gasteiger partial charge in [0.2, 0.25) is 0 Å². The lowest BCUT2D eigenvalue weighted by molar-refractivity contribution is 0.833. The van der Waals surface area contributed by atoms with E-state index in [0.717, 1.165) is 17.9 Å². The topological polar surface area (TPSA) is 42.5 Å². The van der Waals surface area contributed by atoms with Gasteiger partial charge in [0.15, 0.2) is 5.82 Å². The van der Waals surface area contributed by atoms with Crippen molar-refractivity contribution in [2.45, 2.75) is 13.3 Å². The van der Waals surface area contributed by atoms with Crippen molar-refractivity contribution < 1.29 is 0 Å². The number of aliphatic imine (C=N–C) groups is 2. The molecule has 0 amide bonds. The summed E-state index contributed by atoms with van der Waals surface area (Å²) in [6, 6.07) is 0. The molecule has 0 spiro atoms. The third-order valence-corrected chi connectivity index (χ3v) is 1.63. The Labute approximate surface area is 71.7 Å². The number of aryl methyl sites for hydroxylation is 1. The Kier molecular flexibility index (Phi) is 2.74. The summed E-state index contributed by atoms with van der Waals surface area (Å²) in [7, 11) is 1.95. The first-order valence-electron chi connectivity index (χ1n) is 3.78. The molecule has 12 heavy (non-hydrogen) atoms. The van der Waals surface area contributed by atoms with Crippen molar-refractivity contribution in [2.24, 2.45) is 17.0 Å². The molecule has 0 aliphatic rings. The molecule has 0 bridgehead atoms. The van der Waals surface area contributed by atoms with Gasteiger partial charge in [-0.2, -0.15) is 0 Å². The summed E-state index contributed by atoms with van der Waals surface area (Å²) in [5.41, 5.74) is 1.11. The summed E-state index contributed by atoms with van der Waals surface area (Å²) in [6.45, 7) is 5.37. The minimum atomic E-state index is 0.729. The number of rotatable bonds is 3. The summed E-state index contributed by atoms with van der Waals surface area (Å²) in [6.07, 6.45) is 4.07. The van der Waals surface area contributed by atoms with Crippen molar-refractivity contribution in [3.8, 4) is 0 Å². The summed E-state index contributed by atoms with van der Waals surface area (Å²) in [5, 5.41) is 0. The number of nitrogens with zero attached hydrogens (tertiary/aromatic N) is 4. The van der Waals surface area contributed by atoms with Crippen LogP contribution in [0.4, 0.5) is 5.82 Å². The first-order chi connectivity index (χ1) is 5.79. The van der Waals surface area contributed by atoms with Gasteiger partial charge in [0.25, 0.3) is 0 Å². The van der Waals surface area contributed by atoms with Crippen LogP contribution >= 0.6 is 0 Å². The SMILES string of the molecule is C=NC=Nc1ncn(C)c1CC. The smallest absolute Gasteiger partial charge is 0.174 e. The van der Waals surface area contributed by atoms with Gasteiger partial charge in [-0.15, -0.1) is 0 Å². The van der Waals surface area contributed by atoms with E-state index in [2.05, 4.69) is 28.6 Å². The second-order valence-electron chi connectivity index (χ2n) is 2.41. The Morgan fingerprint density at radius 2 is 2.50 bits per heavy atom. The van der Waals surface area contributed by atoms with E-state index >= 15 is 0 Å². The lowest BCUT2D eigenvalue weighted by Gasteiger charge is -1.96. The molecule has 1 heterocycles. The normalized spacial score (nSPS) is 10.8. The van der Waals surface area contributed by atoms with E-state index in [1.165, 1.54) is 6.34 Å². The Morgan fingerprint density at radius 3 is 3.08 bits per heavy atom. The molecule has 0 fully saturated rings. The van der Waals surface area contributed by atoms with E-state index in [-0.39, 0.29) is 0 Å². The zero-order chi connectivity index (χ0) is 8.97. The predicted octanol–water partition coefficient (Wildman–Crippen LogP) is 1.34. The summed E-state index contributed by atoms with van der Waals surface area (Å²) >= 11 is 0. The van der Waals surface area contributed by atoms with Gasteiger partial charge in [-0.3, -0.25) is 4.99 Å². The van der Waals surface area contributed by atoms with Gasteiger partial charge in [-0.25, -0.2) is 9.98 Å². The fourth-order valence-electron chi connectivity index (χ4n) is 1.05. The standard InChI is InChI=1S/C8H12N4/c1-4-7-8(10-5-9-2)11-6-12(7)3/h5-6H,2,4H2,1,3H3. The molecule has 1 aromatic heterocycles. The molecule has 1 aromatic rings. The minimum Gasteiger partial charge on any atom is -0.336 e. The molecule has 4 heteroatoms. The van der Waals surface area contributed by atoms with Gasteiger partial charge >= 0.3 is 0 Å². The van der Waals surface area contributed by atoms with Crippen molar-refractivity contribution in [3.05, 3.63) is 12.0 Å². The maximum Gasteiger partial charge on any atom is 0.174 e. The van der Waals surface area contributed by atoms with Crippen LogP contribution in [0.25, 0.3) is 0 Å². The monoisotopic (exact) mass is 164 g/mol. The van der Waals surface area contributed by atoms with Gasteiger partial charge in [0, 0.05) is 7.05 Å². The van der Waals surface area contributed by atoms with Crippen LogP contribution in [0.2, 0.25) is 0 Å². The second-order valence-corrected chi connectivity index (χ2v) is 2.41. The lowest BCUT2D eigenvalue weighted by atomic mass is 10.3. The molecule has 0 N–H and O–H groups in total. The average molecular weight is 164 g/mol. The third kappa shape index (κ3) is 1.58. The Balaban J connectivity index is 2.98. The van der Waals surface area contributed by atoms with E-state index in [1.54, 1.807) is 6.33 Å². The molecule has 1 rings (SSSR count). The molecule has 4 nitrogen and oxygen atoms in total. The number of hydrogen-bond donors (Lipinski definition) is 0. The summed E-state index contributed by atoms with van der Waals surface area (Å²) in [5.74, 6) is 0.729. The van der Waals surface area contributed by atoms with Crippen LogP contribution in [0.3, 0.4) is 0 Å². The summed E-state index contributed by atoms with van der Waals surface area (Å²) in [4.78, 5) is 11.7. The van der Waals surface area contributed by atoms with Crippen molar-refractivity contribution in [1.82, 2.24) is 9.55 Å². The van der Waals surface area contributed by atoms with Crippen LogP contribution in [0.15, 0.2) is 16.3 Å². The first kappa shape index (κ1) is 8.64. The van der Waals surface area contributed by atoms with Crippen LogP contribution < -0.4 is 0 Å². The molecule has 0 atom stereocenters. The molecular formula is C8H12N4. The fourth-order valence-corrected chi connectivity index (χ4v) is 1.05.